The Hall–Kier alpha value is -2.21. The van der Waals surface area contributed by atoms with E-state index < -0.39 is 0 Å². The van der Waals surface area contributed by atoms with Crippen molar-refractivity contribution in [3.63, 3.8) is 0 Å². The van der Waals surface area contributed by atoms with Crippen LogP contribution in [0.15, 0.2) is 18.2 Å². The molecule has 0 aromatic heterocycles. The first kappa shape index (κ1) is 18.6. The summed E-state index contributed by atoms with van der Waals surface area (Å²) in [4.78, 5) is 40.0. The maximum absolute atomic E-state index is 13.0. The Bertz CT molecular complexity index is 702. The highest BCUT2D eigenvalue weighted by atomic mass is 16.5. The van der Waals surface area contributed by atoms with Crippen LogP contribution in [0.2, 0.25) is 0 Å². The first-order valence-corrected chi connectivity index (χ1v) is 9.38. The highest BCUT2D eigenvalue weighted by Gasteiger charge is 2.47. The molecule has 26 heavy (non-hydrogen) atoms. The van der Waals surface area contributed by atoms with Gasteiger partial charge < -0.3 is 9.64 Å². The van der Waals surface area contributed by atoms with Gasteiger partial charge in [-0.2, -0.15) is 0 Å². The smallest absolute Gasteiger partial charge is 0.309 e. The molecule has 2 aliphatic heterocycles. The van der Waals surface area contributed by atoms with Crippen LogP contribution in [0.5, 0.6) is 0 Å². The van der Waals surface area contributed by atoms with E-state index in [1.807, 2.05) is 39.0 Å². The Morgan fingerprint density at radius 1 is 1.19 bits per heavy atom. The fourth-order valence-corrected chi connectivity index (χ4v) is 4.18. The van der Waals surface area contributed by atoms with Gasteiger partial charge in [0.2, 0.25) is 5.91 Å². The number of esters is 1. The Labute approximate surface area is 154 Å². The van der Waals surface area contributed by atoms with Crippen molar-refractivity contribution in [1.82, 2.24) is 0 Å². The highest BCUT2D eigenvalue weighted by Crippen LogP contribution is 2.29. The van der Waals surface area contributed by atoms with Crippen LogP contribution in [0, 0.1) is 19.8 Å². The SMILES string of the molecule is CCOC(=O)C1CC[NH+]([C@H]2CC(=O)N(c3c(C)cccc3C)C2=O)CC1. The van der Waals surface area contributed by atoms with Gasteiger partial charge in [0.1, 0.15) is 0 Å². The molecule has 1 aromatic carbocycles. The Balaban J connectivity index is 1.71. The molecule has 2 fully saturated rings. The molecule has 0 aliphatic carbocycles. The summed E-state index contributed by atoms with van der Waals surface area (Å²) in [5.74, 6) is -0.465. The van der Waals surface area contributed by atoms with Gasteiger partial charge in [-0.15, -0.1) is 0 Å². The van der Waals surface area contributed by atoms with E-state index in [2.05, 4.69) is 0 Å². The Morgan fingerprint density at radius 2 is 1.81 bits per heavy atom. The van der Waals surface area contributed by atoms with E-state index in [9.17, 15) is 14.4 Å². The van der Waals surface area contributed by atoms with Crippen molar-refractivity contribution in [1.29, 1.82) is 0 Å². The zero-order valence-corrected chi connectivity index (χ0v) is 15.7. The van der Waals surface area contributed by atoms with Crippen molar-refractivity contribution in [3.05, 3.63) is 29.3 Å². The van der Waals surface area contributed by atoms with Gasteiger partial charge in [0.15, 0.2) is 6.04 Å². The second-order valence-corrected chi connectivity index (χ2v) is 7.25. The van der Waals surface area contributed by atoms with Crippen molar-refractivity contribution in [2.45, 2.75) is 46.1 Å². The molecule has 2 aliphatic rings. The number of nitrogens with zero attached hydrogens (tertiary/aromatic N) is 1. The van der Waals surface area contributed by atoms with E-state index in [0.29, 0.717) is 32.5 Å². The standard InChI is InChI=1S/C20H26N2O4/c1-4-26-20(25)15-8-10-21(11-9-15)16-12-17(23)22(19(16)24)18-13(2)6-5-7-14(18)3/h5-7,15-16H,4,8-12H2,1-3H3/p+1/t16-/m0/s1. The van der Waals surface area contributed by atoms with E-state index >= 15 is 0 Å². The lowest BCUT2D eigenvalue weighted by atomic mass is 9.95. The molecule has 0 bridgehead atoms. The number of carbonyl (C=O) groups excluding carboxylic acids is 3. The van der Waals surface area contributed by atoms with E-state index in [-0.39, 0.29) is 36.2 Å². The minimum atomic E-state index is -0.343. The third-order valence-electron chi connectivity index (χ3n) is 5.55. The number of likely N-dealkylation sites (tertiary alicyclic amines) is 1. The molecule has 1 atom stereocenters. The number of rotatable bonds is 4. The molecule has 2 heterocycles. The number of nitrogens with one attached hydrogen (secondary N) is 1. The lowest BCUT2D eigenvalue weighted by Crippen LogP contribution is -3.17. The number of hydrogen-bond acceptors (Lipinski definition) is 4. The van der Waals surface area contributed by atoms with Gasteiger partial charge in [-0.3, -0.25) is 14.4 Å². The molecular formula is C20H27N2O4+. The summed E-state index contributed by atoms with van der Waals surface area (Å²) < 4.78 is 5.10. The number of aryl methyl sites for hydroxylation is 2. The first-order valence-electron chi connectivity index (χ1n) is 9.38. The number of piperidine rings is 1. The quantitative estimate of drug-likeness (QED) is 0.638. The van der Waals surface area contributed by atoms with Crippen molar-refractivity contribution in [2.75, 3.05) is 24.6 Å². The molecule has 2 saturated heterocycles. The van der Waals surface area contributed by atoms with Gasteiger partial charge in [0.25, 0.3) is 5.91 Å². The maximum atomic E-state index is 13.0. The fraction of sp³-hybridized carbons (Fsp3) is 0.550. The van der Waals surface area contributed by atoms with E-state index in [1.54, 1.807) is 0 Å². The summed E-state index contributed by atoms with van der Waals surface area (Å²) in [5, 5.41) is 0. The number of ether oxygens (including phenoxy) is 1. The predicted molar refractivity (Wildman–Crippen MR) is 96.9 cm³/mol. The van der Waals surface area contributed by atoms with Crippen LogP contribution in [0.3, 0.4) is 0 Å². The Kier molecular flexibility index (Phi) is 5.41. The maximum Gasteiger partial charge on any atom is 0.309 e. The zero-order chi connectivity index (χ0) is 18.8. The van der Waals surface area contributed by atoms with E-state index in [4.69, 9.17) is 4.74 Å². The number of quaternary nitrogens is 1. The topological polar surface area (TPSA) is 68.1 Å². The summed E-state index contributed by atoms with van der Waals surface area (Å²) in [6.07, 6.45) is 1.65. The second kappa shape index (κ2) is 7.58. The van der Waals surface area contributed by atoms with Crippen LogP contribution < -0.4 is 9.80 Å². The number of anilines is 1. The average Bonchev–Trinajstić information content (AvgIpc) is 2.90. The summed E-state index contributed by atoms with van der Waals surface area (Å²) in [7, 11) is 0. The van der Waals surface area contributed by atoms with Crippen LogP contribution in [0.1, 0.15) is 37.3 Å². The van der Waals surface area contributed by atoms with Crippen molar-refractivity contribution in [3.8, 4) is 0 Å². The van der Waals surface area contributed by atoms with Gasteiger partial charge in [-0.1, -0.05) is 18.2 Å². The van der Waals surface area contributed by atoms with Gasteiger partial charge >= 0.3 is 5.97 Å². The monoisotopic (exact) mass is 359 g/mol. The Morgan fingerprint density at radius 3 is 2.38 bits per heavy atom. The van der Waals surface area contributed by atoms with Gasteiger partial charge in [-0.05, 0) is 31.9 Å². The molecule has 6 heteroatoms. The molecular weight excluding hydrogens is 332 g/mol. The molecule has 0 radical (unpaired) electrons. The number of amides is 2. The molecule has 6 nitrogen and oxygen atoms in total. The van der Waals surface area contributed by atoms with Crippen LogP contribution in [0.25, 0.3) is 0 Å². The number of para-hydroxylation sites is 1. The molecule has 140 valence electrons. The largest absolute Gasteiger partial charge is 0.466 e. The molecule has 0 spiro atoms. The summed E-state index contributed by atoms with van der Waals surface area (Å²) in [6, 6.07) is 5.44. The fourth-order valence-electron chi connectivity index (χ4n) is 4.18. The third-order valence-corrected chi connectivity index (χ3v) is 5.55. The second-order valence-electron chi connectivity index (χ2n) is 7.25. The van der Waals surface area contributed by atoms with Gasteiger partial charge in [0.05, 0.1) is 37.7 Å². The number of carbonyl (C=O) groups is 3. The molecule has 1 N–H and O–H groups in total. The first-order chi connectivity index (χ1) is 12.4. The van der Waals surface area contributed by atoms with Crippen LogP contribution in [0.4, 0.5) is 5.69 Å². The van der Waals surface area contributed by atoms with E-state index in [1.165, 1.54) is 4.90 Å². The molecule has 2 amide bonds. The van der Waals surface area contributed by atoms with Crippen LogP contribution in [-0.2, 0) is 19.1 Å². The van der Waals surface area contributed by atoms with E-state index in [0.717, 1.165) is 21.7 Å². The summed E-state index contributed by atoms with van der Waals surface area (Å²) >= 11 is 0. The molecule has 1 aromatic rings. The number of benzene rings is 1. The zero-order valence-electron chi connectivity index (χ0n) is 15.7. The average molecular weight is 359 g/mol. The molecule has 3 rings (SSSR count). The van der Waals surface area contributed by atoms with Crippen LogP contribution >= 0.6 is 0 Å². The van der Waals surface area contributed by atoms with Crippen molar-refractivity contribution in [2.24, 2.45) is 5.92 Å². The van der Waals surface area contributed by atoms with Crippen molar-refractivity contribution >= 4 is 23.5 Å². The van der Waals surface area contributed by atoms with Crippen LogP contribution in [-0.4, -0.2) is 43.5 Å². The minimum Gasteiger partial charge on any atom is -0.466 e. The van der Waals surface area contributed by atoms with Gasteiger partial charge in [0, 0.05) is 12.8 Å². The molecule has 0 unspecified atom stereocenters. The van der Waals surface area contributed by atoms with Gasteiger partial charge in [-0.25, -0.2) is 4.90 Å². The third kappa shape index (κ3) is 3.38. The number of hydrogen-bond donors (Lipinski definition) is 1. The summed E-state index contributed by atoms with van der Waals surface area (Å²) in [6.45, 7) is 7.48. The van der Waals surface area contributed by atoms with Crippen molar-refractivity contribution < 1.29 is 24.0 Å². The normalized spacial score (nSPS) is 26.3. The summed E-state index contributed by atoms with van der Waals surface area (Å²) in [5.41, 5.74) is 2.59. The molecule has 0 saturated carbocycles. The lowest BCUT2D eigenvalue weighted by Gasteiger charge is -2.31. The highest BCUT2D eigenvalue weighted by molar-refractivity contribution is 6.22. The predicted octanol–water partition coefficient (Wildman–Crippen LogP) is 0.793. The lowest BCUT2D eigenvalue weighted by molar-refractivity contribution is -0.920. The minimum absolute atomic E-state index is 0.0828. The number of imide groups is 1.